The van der Waals surface area contributed by atoms with Crippen LogP contribution in [0.15, 0.2) is 36.4 Å². The minimum absolute atomic E-state index is 0.0495. The molecule has 1 aliphatic carbocycles. The molecule has 0 spiro atoms. The van der Waals surface area contributed by atoms with Gasteiger partial charge in [-0.25, -0.2) is 0 Å². The zero-order valence-electron chi connectivity index (χ0n) is 13.9. The van der Waals surface area contributed by atoms with Gasteiger partial charge < -0.3 is 0 Å². The van der Waals surface area contributed by atoms with Gasteiger partial charge in [0, 0.05) is 16.5 Å². The number of hydrogen-bond acceptors (Lipinski definition) is 0. The van der Waals surface area contributed by atoms with Crippen LogP contribution in [-0.4, -0.2) is 0 Å². The van der Waals surface area contributed by atoms with Crippen molar-refractivity contribution < 1.29 is 0 Å². The monoisotopic (exact) mass is 298 g/mol. The van der Waals surface area contributed by atoms with E-state index >= 15 is 0 Å². The molecule has 0 unspecified atom stereocenters. The van der Waals surface area contributed by atoms with E-state index in [1.54, 1.807) is 0 Å². The number of rotatable bonds is 4. The van der Waals surface area contributed by atoms with Gasteiger partial charge in [-0.3, -0.25) is 0 Å². The van der Waals surface area contributed by atoms with Crippen LogP contribution < -0.4 is 0 Å². The molecule has 0 bridgehead atoms. The van der Waals surface area contributed by atoms with Crippen molar-refractivity contribution in [3.8, 4) is 35.8 Å². The van der Waals surface area contributed by atoms with Crippen molar-refractivity contribution in [3.63, 3.8) is 0 Å². The maximum Gasteiger partial charge on any atom is 0.0246 e. The van der Waals surface area contributed by atoms with E-state index in [2.05, 4.69) is 50.0 Å². The third-order valence-electron chi connectivity index (χ3n) is 5.05. The van der Waals surface area contributed by atoms with E-state index in [4.69, 9.17) is 12.8 Å². The van der Waals surface area contributed by atoms with Crippen molar-refractivity contribution in [1.82, 2.24) is 0 Å². The SMILES string of the molecule is C#Cc1ccc2c(c1)C(CCC)(CCC)c1cc(C#C)ccc1-2. The van der Waals surface area contributed by atoms with E-state index in [0.29, 0.717) is 0 Å². The van der Waals surface area contributed by atoms with Gasteiger partial charge in [0.1, 0.15) is 0 Å². The largest absolute Gasteiger partial charge is 0.115 e. The van der Waals surface area contributed by atoms with Crippen molar-refractivity contribution in [2.75, 3.05) is 0 Å². The van der Waals surface area contributed by atoms with Crippen LogP contribution in [0.25, 0.3) is 11.1 Å². The number of fused-ring (bicyclic) bond motifs is 3. The Kier molecular flexibility index (Phi) is 4.02. The molecule has 0 nitrogen and oxygen atoms in total. The number of benzene rings is 2. The predicted octanol–water partition coefficient (Wildman–Crippen LogP) is 5.52. The van der Waals surface area contributed by atoms with Gasteiger partial charge in [-0.1, -0.05) is 50.7 Å². The quantitative estimate of drug-likeness (QED) is 0.652. The molecule has 0 aromatic heterocycles. The molecule has 114 valence electrons. The van der Waals surface area contributed by atoms with Crippen LogP contribution in [-0.2, 0) is 5.41 Å². The van der Waals surface area contributed by atoms with E-state index in [0.717, 1.165) is 36.8 Å². The molecule has 0 aliphatic heterocycles. The third-order valence-corrected chi connectivity index (χ3v) is 5.05. The molecule has 0 amide bonds. The van der Waals surface area contributed by atoms with Crippen molar-refractivity contribution in [2.24, 2.45) is 0 Å². The molecule has 3 rings (SSSR count). The average molecular weight is 298 g/mol. The van der Waals surface area contributed by atoms with Gasteiger partial charge in [-0.05, 0) is 59.4 Å². The van der Waals surface area contributed by atoms with E-state index in [1.807, 2.05) is 12.1 Å². The molecule has 0 radical (unpaired) electrons. The fourth-order valence-corrected chi connectivity index (χ4v) is 4.19. The molecule has 0 N–H and O–H groups in total. The summed E-state index contributed by atoms with van der Waals surface area (Å²) in [5.41, 5.74) is 7.40. The van der Waals surface area contributed by atoms with Crippen LogP contribution >= 0.6 is 0 Å². The topological polar surface area (TPSA) is 0 Å². The van der Waals surface area contributed by atoms with E-state index < -0.39 is 0 Å². The summed E-state index contributed by atoms with van der Waals surface area (Å²) in [6.45, 7) is 4.51. The van der Waals surface area contributed by atoms with Crippen molar-refractivity contribution in [3.05, 3.63) is 58.7 Å². The lowest BCUT2D eigenvalue weighted by Crippen LogP contribution is -2.25. The molecule has 0 heterocycles. The van der Waals surface area contributed by atoms with Crippen LogP contribution in [0.4, 0.5) is 0 Å². The lowest BCUT2D eigenvalue weighted by Gasteiger charge is -2.32. The van der Waals surface area contributed by atoms with Crippen molar-refractivity contribution in [2.45, 2.75) is 44.9 Å². The van der Waals surface area contributed by atoms with Gasteiger partial charge in [0.2, 0.25) is 0 Å². The molecular weight excluding hydrogens is 276 g/mol. The average Bonchev–Trinajstić information content (AvgIpc) is 2.85. The van der Waals surface area contributed by atoms with E-state index in [-0.39, 0.29) is 5.41 Å². The molecular formula is C23H22. The number of hydrogen-bond donors (Lipinski definition) is 0. The maximum absolute atomic E-state index is 5.65. The van der Waals surface area contributed by atoms with Crippen molar-refractivity contribution >= 4 is 0 Å². The molecule has 2 aromatic carbocycles. The molecule has 0 saturated heterocycles. The first-order valence-corrected chi connectivity index (χ1v) is 8.42. The van der Waals surface area contributed by atoms with Gasteiger partial charge >= 0.3 is 0 Å². The summed E-state index contributed by atoms with van der Waals surface area (Å²) in [4.78, 5) is 0. The third kappa shape index (κ3) is 2.27. The normalized spacial score (nSPS) is 13.7. The first kappa shape index (κ1) is 15.5. The van der Waals surface area contributed by atoms with E-state index in [9.17, 15) is 0 Å². The van der Waals surface area contributed by atoms with Crippen molar-refractivity contribution in [1.29, 1.82) is 0 Å². The molecule has 0 fully saturated rings. The van der Waals surface area contributed by atoms with Crippen LogP contribution in [0.1, 0.15) is 61.8 Å². The summed E-state index contributed by atoms with van der Waals surface area (Å²) in [7, 11) is 0. The first-order valence-electron chi connectivity index (χ1n) is 8.42. The van der Waals surface area contributed by atoms with Gasteiger partial charge in [-0.2, -0.15) is 0 Å². The van der Waals surface area contributed by atoms with Crippen LogP contribution in [0, 0.1) is 24.7 Å². The Morgan fingerprint density at radius 3 is 1.57 bits per heavy atom. The second-order valence-corrected chi connectivity index (χ2v) is 6.39. The summed E-state index contributed by atoms with van der Waals surface area (Å²) in [6, 6.07) is 12.9. The fraction of sp³-hybridized carbons (Fsp3) is 0.304. The Morgan fingerprint density at radius 2 is 1.22 bits per heavy atom. The summed E-state index contributed by atoms with van der Waals surface area (Å²) in [6.07, 6.45) is 15.8. The lowest BCUT2D eigenvalue weighted by atomic mass is 9.71. The molecule has 1 aliphatic rings. The van der Waals surface area contributed by atoms with Gasteiger partial charge in [0.25, 0.3) is 0 Å². The zero-order valence-corrected chi connectivity index (χ0v) is 13.9. The van der Waals surface area contributed by atoms with Gasteiger partial charge in [0.05, 0.1) is 0 Å². The summed E-state index contributed by atoms with van der Waals surface area (Å²) < 4.78 is 0. The molecule has 0 atom stereocenters. The highest BCUT2D eigenvalue weighted by Crippen LogP contribution is 2.54. The predicted molar refractivity (Wildman–Crippen MR) is 98.3 cm³/mol. The minimum Gasteiger partial charge on any atom is -0.115 e. The second kappa shape index (κ2) is 5.98. The summed E-state index contributed by atoms with van der Waals surface area (Å²) in [5.74, 6) is 5.59. The minimum atomic E-state index is 0.0495. The molecule has 2 aromatic rings. The van der Waals surface area contributed by atoms with Crippen LogP contribution in [0.5, 0.6) is 0 Å². The molecule has 23 heavy (non-hydrogen) atoms. The Hall–Kier alpha value is -2.44. The smallest absolute Gasteiger partial charge is 0.0246 e. The summed E-state index contributed by atoms with van der Waals surface area (Å²) in [5, 5.41) is 0. The maximum atomic E-state index is 5.65. The Morgan fingerprint density at radius 1 is 0.783 bits per heavy atom. The lowest BCUT2D eigenvalue weighted by molar-refractivity contribution is 0.435. The molecule has 0 heteroatoms. The fourth-order valence-electron chi connectivity index (χ4n) is 4.19. The highest BCUT2D eigenvalue weighted by molar-refractivity contribution is 5.82. The first-order chi connectivity index (χ1) is 11.2. The Balaban J connectivity index is 2.34. The van der Waals surface area contributed by atoms with E-state index in [1.165, 1.54) is 22.3 Å². The second-order valence-electron chi connectivity index (χ2n) is 6.39. The standard InChI is InChI=1S/C23H22/c1-5-13-23(14-6-2)21-15-17(7-3)9-11-19(21)20-12-10-18(8-4)16-22(20)23/h3-4,9-12,15-16H,5-6,13-14H2,1-2H3. The Bertz CT molecular complexity index is 753. The highest BCUT2D eigenvalue weighted by atomic mass is 14.4. The summed E-state index contributed by atoms with van der Waals surface area (Å²) >= 11 is 0. The van der Waals surface area contributed by atoms with Crippen LogP contribution in [0.2, 0.25) is 0 Å². The highest BCUT2D eigenvalue weighted by Gasteiger charge is 2.41. The number of terminal acetylenes is 2. The van der Waals surface area contributed by atoms with Gasteiger partial charge in [0.15, 0.2) is 0 Å². The molecule has 0 saturated carbocycles. The zero-order chi connectivity index (χ0) is 16.4. The van der Waals surface area contributed by atoms with Crippen LogP contribution in [0.3, 0.4) is 0 Å². The Labute approximate surface area is 139 Å². The van der Waals surface area contributed by atoms with Gasteiger partial charge in [-0.15, -0.1) is 12.8 Å².